The van der Waals surface area contributed by atoms with E-state index in [9.17, 15) is 0 Å². The second-order valence-corrected chi connectivity index (χ2v) is 4.83. The summed E-state index contributed by atoms with van der Waals surface area (Å²) in [5.74, 6) is 0.652. The molecule has 1 aromatic rings. The van der Waals surface area contributed by atoms with Crippen LogP contribution in [0.4, 0.5) is 5.69 Å². The fraction of sp³-hybridized carbons (Fsp3) is 0.364. The zero-order chi connectivity index (χ0) is 10.7. The van der Waals surface area contributed by atoms with Gasteiger partial charge < -0.3 is 0 Å². The van der Waals surface area contributed by atoms with Crippen LogP contribution in [-0.4, -0.2) is 16.3 Å². The maximum Gasteiger partial charge on any atom is 0.127 e. The SMILES string of the molecule is CCC1CC(NO)=Nc2ccccc2S1. The van der Waals surface area contributed by atoms with Gasteiger partial charge in [0.25, 0.3) is 0 Å². The molecule has 0 saturated carbocycles. The highest BCUT2D eigenvalue weighted by molar-refractivity contribution is 8.00. The third kappa shape index (κ3) is 2.33. The van der Waals surface area contributed by atoms with Crippen LogP contribution in [0.5, 0.6) is 0 Å². The molecule has 0 fully saturated rings. The Labute approximate surface area is 93.6 Å². The van der Waals surface area contributed by atoms with Crippen LogP contribution in [0.3, 0.4) is 0 Å². The molecule has 1 unspecified atom stereocenters. The summed E-state index contributed by atoms with van der Waals surface area (Å²) in [5.41, 5.74) is 3.13. The molecule has 0 spiro atoms. The van der Waals surface area contributed by atoms with Crippen LogP contribution in [0.15, 0.2) is 34.2 Å². The number of hydroxylamine groups is 1. The van der Waals surface area contributed by atoms with E-state index < -0.39 is 0 Å². The van der Waals surface area contributed by atoms with Crippen molar-refractivity contribution in [3.05, 3.63) is 24.3 Å². The molecule has 1 heterocycles. The first-order chi connectivity index (χ1) is 7.33. The van der Waals surface area contributed by atoms with Gasteiger partial charge in [0.15, 0.2) is 0 Å². The molecule has 3 nitrogen and oxygen atoms in total. The summed E-state index contributed by atoms with van der Waals surface area (Å²) in [7, 11) is 0. The molecule has 1 aromatic carbocycles. The maximum atomic E-state index is 8.96. The first-order valence-electron chi connectivity index (χ1n) is 5.07. The lowest BCUT2D eigenvalue weighted by atomic mass is 10.2. The highest BCUT2D eigenvalue weighted by Crippen LogP contribution is 2.37. The fourth-order valence-electron chi connectivity index (χ4n) is 1.58. The number of amidine groups is 1. The molecule has 2 N–H and O–H groups in total. The highest BCUT2D eigenvalue weighted by atomic mass is 32.2. The van der Waals surface area contributed by atoms with Crippen molar-refractivity contribution in [2.45, 2.75) is 29.9 Å². The minimum absolute atomic E-state index is 0.479. The number of fused-ring (bicyclic) bond motifs is 1. The van der Waals surface area contributed by atoms with Gasteiger partial charge in [0.05, 0.1) is 5.69 Å². The zero-order valence-corrected chi connectivity index (χ0v) is 9.42. The Morgan fingerprint density at radius 1 is 1.53 bits per heavy atom. The lowest BCUT2D eigenvalue weighted by Crippen LogP contribution is -2.22. The van der Waals surface area contributed by atoms with Crippen molar-refractivity contribution < 1.29 is 5.21 Å². The summed E-state index contributed by atoms with van der Waals surface area (Å²) in [6.45, 7) is 2.15. The van der Waals surface area contributed by atoms with Gasteiger partial charge in [-0.05, 0) is 18.6 Å². The Balaban J connectivity index is 2.37. The van der Waals surface area contributed by atoms with Gasteiger partial charge in [-0.1, -0.05) is 19.1 Å². The number of thioether (sulfide) groups is 1. The molecule has 0 aliphatic carbocycles. The number of nitrogens with zero attached hydrogens (tertiary/aromatic N) is 1. The molecule has 0 radical (unpaired) electrons. The van der Waals surface area contributed by atoms with Crippen molar-refractivity contribution in [1.29, 1.82) is 0 Å². The van der Waals surface area contributed by atoms with Crippen LogP contribution in [0.25, 0.3) is 0 Å². The summed E-state index contributed by atoms with van der Waals surface area (Å²) < 4.78 is 0. The van der Waals surface area contributed by atoms with Crippen LogP contribution < -0.4 is 5.48 Å². The van der Waals surface area contributed by atoms with Gasteiger partial charge in [-0.25, -0.2) is 4.99 Å². The van der Waals surface area contributed by atoms with Gasteiger partial charge in [-0.15, -0.1) is 11.8 Å². The molecule has 0 aromatic heterocycles. The zero-order valence-electron chi connectivity index (χ0n) is 8.60. The van der Waals surface area contributed by atoms with Crippen molar-refractivity contribution in [2.24, 2.45) is 4.99 Å². The fourth-order valence-corrected chi connectivity index (χ4v) is 2.73. The minimum atomic E-state index is 0.479. The molecule has 1 atom stereocenters. The van der Waals surface area contributed by atoms with Crippen LogP contribution >= 0.6 is 11.8 Å². The van der Waals surface area contributed by atoms with Gasteiger partial charge in [-0.2, -0.15) is 0 Å². The minimum Gasteiger partial charge on any atom is -0.290 e. The van der Waals surface area contributed by atoms with E-state index in [4.69, 9.17) is 5.21 Å². The topological polar surface area (TPSA) is 44.6 Å². The summed E-state index contributed by atoms with van der Waals surface area (Å²) in [4.78, 5) is 5.58. The molecule has 15 heavy (non-hydrogen) atoms. The Kier molecular flexibility index (Phi) is 3.28. The average Bonchev–Trinajstić information content (AvgIpc) is 2.47. The molecular weight excluding hydrogens is 208 g/mol. The molecule has 0 amide bonds. The lowest BCUT2D eigenvalue weighted by molar-refractivity contribution is 0.231. The predicted molar refractivity (Wildman–Crippen MR) is 63.0 cm³/mol. The standard InChI is InChI=1S/C11H14N2OS/c1-2-8-7-11(13-14)12-9-5-3-4-6-10(9)15-8/h3-6,8,14H,2,7H2,1H3,(H,12,13). The molecule has 0 bridgehead atoms. The van der Waals surface area contributed by atoms with E-state index in [0.717, 1.165) is 18.5 Å². The Hall–Kier alpha value is -1.00. The van der Waals surface area contributed by atoms with Crippen molar-refractivity contribution in [2.75, 3.05) is 0 Å². The molecule has 4 heteroatoms. The molecular formula is C11H14N2OS. The Morgan fingerprint density at radius 2 is 2.33 bits per heavy atom. The van der Waals surface area contributed by atoms with Crippen LogP contribution in [0.1, 0.15) is 19.8 Å². The monoisotopic (exact) mass is 222 g/mol. The number of hydrogen-bond acceptors (Lipinski definition) is 4. The number of nitrogens with one attached hydrogen (secondary N) is 1. The molecule has 1 aliphatic rings. The number of rotatable bonds is 1. The highest BCUT2D eigenvalue weighted by Gasteiger charge is 2.17. The summed E-state index contributed by atoms with van der Waals surface area (Å²) >= 11 is 1.83. The quantitative estimate of drug-likeness (QED) is 0.718. The first kappa shape index (κ1) is 10.5. The average molecular weight is 222 g/mol. The third-order valence-electron chi connectivity index (χ3n) is 2.42. The van der Waals surface area contributed by atoms with E-state index >= 15 is 0 Å². The molecule has 1 aliphatic heterocycles. The summed E-state index contributed by atoms with van der Waals surface area (Å²) in [6, 6.07) is 8.03. The molecule has 2 rings (SSSR count). The largest absolute Gasteiger partial charge is 0.290 e. The van der Waals surface area contributed by atoms with E-state index in [2.05, 4.69) is 23.5 Å². The Morgan fingerprint density at radius 3 is 3.07 bits per heavy atom. The maximum absolute atomic E-state index is 8.96. The third-order valence-corrected chi connectivity index (χ3v) is 3.85. The predicted octanol–water partition coefficient (Wildman–Crippen LogP) is 2.97. The van der Waals surface area contributed by atoms with Crippen LogP contribution in [-0.2, 0) is 0 Å². The van der Waals surface area contributed by atoms with Gasteiger partial charge in [0.1, 0.15) is 5.84 Å². The van der Waals surface area contributed by atoms with Gasteiger partial charge in [0, 0.05) is 16.6 Å². The summed E-state index contributed by atoms with van der Waals surface area (Å²) in [6.07, 6.45) is 1.85. The number of para-hydroxylation sites is 1. The van der Waals surface area contributed by atoms with Crippen molar-refractivity contribution in [1.82, 2.24) is 5.48 Å². The number of aliphatic imine (C=N–C) groups is 1. The van der Waals surface area contributed by atoms with E-state index in [1.807, 2.05) is 30.0 Å². The second-order valence-electron chi connectivity index (χ2n) is 3.49. The van der Waals surface area contributed by atoms with Crippen LogP contribution in [0, 0.1) is 0 Å². The normalized spacial score (nSPS) is 20.1. The number of benzene rings is 1. The van der Waals surface area contributed by atoms with Crippen LogP contribution in [0.2, 0.25) is 0 Å². The van der Waals surface area contributed by atoms with Gasteiger partial charge >= 0.3 is 0 Å². The van der Waals surface area contributed by atoms with E-state index in [0.29, 0.717) is 11.1 Å². The van der Waals surface area contributed by atoms with E-state index in [1.165, 1.54) is 4.90 Å². The summed E-state index contributed by atoms with van der Waals surface area (Å²) in [5, 5.41) is 9.44. The van der Waals surface area contributed by atoms with Gasteiger partial charge in [-0.3, -0.25) is 10.7 Å². The van der Waals surface area contributed by atoms with Gasteiger partial charge in [0.2, 0.25) is 0 Å². The second kappa shape index (κ2) is 4.68. The number of hydrogen-bond donors (Lipinski definition) is 2. The van der Waals surface area contributed by atoms with E-state index in [1.54, 1.807) is 0 Å². The smallest absolute Gasteiger partial charge is 0.127 e. The van der Waals surface area contributed by atoms with Crippen molar-refractivity contribution >= 4 is 23.3 Å². The van der Waals surface area contributed by atoms with E-state index in [-0.39, 0.29) is 0 Å². The Bertz CT molecular complexity index is 379. The molecule has 0 saturated heterocycles. The van der Waals surface area contributed by atoms with Crippen molar-refractivity contribution in [3.8, 4) is 0 Å². The lowest BCUT2D eigenvalue weighted by Gasteiger charge is -2.11. The first-order valence-corrected chi connectivity index (χ1v) is 5.94. The van der Waals surface area contributed by atoms with Crippen molar-refractivity contribution in [3.63, 3.8) is 0 Å². The molecule has 80 valence electrons.